The van der Waals surface area contributed by atoms with Gasteiger partial charge in [-0.1, -0.05) is 81.6 Å². The highest BCUT2D eigenvalue weighted by molar-refractivity contribution is 6.03. The number of carbonyl (C=O) groups is 2. The third-order valence-electron chi connectivity index (χ3n) is 7.55. The van der Waals surface area contributed by atoms with Gasteiger partial charge in [-0.3, -0.25) is 9.59 Å². The summed E-state index contributed by atoms with van der Waals surface area (Å²) in [7, 11) is 0. The van der Waals surface area contributed by atoms with E-state index in [4.69, 9.17) is 4.74 Å². The topological polar surface area (TPSA) is 58.6 Å². The standard InChI is InChI=1S/C32H36N2O3/c1-23(2)22-37-27-19-17-26(18-20-27)32(33-30(35)25-13-7-4-8-14-25)29-16-10-9-15-28(29)31(36)34(32)21-24-11-5-3-6-12-24/h4,7-10,13-20,23-24H,3,5-6,11-12,21-22H2,1-2H3,(H,33,35). The van der Waals surface area contributed by atoms with E-state index in [1.807, 2.05) is 71.6 Å². The van der Waals surface area contributed by atoms with Crippen LogP contribution in [0.2, 0.25) is 0 Å². The molecule has 1 atom stereocenters. The Morgan fingerprint density at radius 2 is 1.62 bits per heavy atom. The van der Waals surface area contributed by atoms with Crippen LogP contribution in [-0.2, 0) is 5.66 Å². The third kappa shape index (κ3) is 5.00. The molecule has 2 aliphatic rings. The van der Waals surface area contributed by atoms with E-state index in [2.05, 4.69) is 19.2 Å². The second-order valence-corrected chi connectivity index (χ2v) is 10.7. The van der Waals surface area contributed by atoms with E-state index in [0.717, 1.165) is 29.7 Å². The van der Waals surface area contributed by atoms with Crippen LogP contribution >= 0.6 is 0 Å². The van der Waals surface area contributed by atoms with Crippen molar-refractivity contribution in [2.75, 3.05) is 13.2 Å². The summed E-state index contributed by atoms with van der Waals surface area (Å²) in [6.45, 7) is 5.47. The molecule has 0 saturated heterocycles. The number of hydrogen-bond acceptors (Lipinski definition) is 3. The van der Waals surface area contributed by atoms with Crippen molar-refractivity contribution in [3.05, 3.63) is 101 Å². The van der Waals surface area contributed by atoms with Crippen LogP contribution in [0.4, 0.5) is 0 Å². The molecule has 0 aromatic heterocycles. The fourth-order valence-electron chi connectivity index (χ4n) is 5.68. The van der Waals surface area contributed by atoms with E-state index in [0.29, 0.717) is 36.1 Å². The lowest BCUT2D eigenvalue weighted by atomic mass is 9.86. The summed E-state index contributed by atoms with van der Waals surface area (Å²) >= 11 is 0. The molecule has 1 saturated carbocycles. The number of hydrogen-bond donors (Lipinski definition) is 1. The van der Waals surface area contributed by atoms with Crippen molar-refractivity contribution in [1.82, 2.24) is 10.2 Å². The Labute approximate surface area is 219 Å². The molecule has 3 aromatic rings. The summed E-state index contributed by atoms with van der Waals surface area (Å²) in [5, 5.41) is 3.35. The van der Waals surface area contributed by atoms with E-state index >= 15 is 0 Å². The normalized spacial score (nSPS) is 19.6. The van der Waals surface area contributed by atoms with E-state index in [1.54, 1.807) is 12.1 Å². The molecule has 1 fully saturated rings. The maximum Gasteiger partial charge on any atom is 0.256 e. The predicted molar refractivity (Wildman–Crippen MR) is 146 cm³/mol. The first kappa shape index (κ1) is 25.1. The van der Waals surface area contributed by atoms with E-state index in [9.17, 15) is 9.59 Å². The molecule has 5 rings (SSSR count). The van der Waals surface area contributed by atoms with Gasteiger partial charge in [0.15, 0.2) is 5.66 Å². The van der Waals surface area contributed by atoms with Crippen molar-refractivity contribution in [2.45, 2.75) is 51.6 Å². The second-order valence-electron chi connectivity index (χ2n) is 10.7. The SMILES string of the molecule is CC(C)COc1ccc(C2(NC(=O)c3ccccc3)c3ccccc3C(=O)N2CC2CCCCC2)cc1. The number of fused-ring (bicyclic) bond motifs is 1. The molecule has 5 nitrogen and oxygen atoms in total. The van der Waals surface area contributed by atoms with Gasteiger partial charge in [-0.15, -0.1) is 0 Å². The molecule has 0 spiro atoms. The molecule has 1 unspecified atom stereocenters. The summed E-state index contributed by atoms with van der Waals surface area (Å²) in [6, 6.07) is 24.8. The fraction of sp³-hybridized carbons (Fsp3) is 0.375. The highest BCUT2D eigenvalue weighted by Gasteiger charge is 2.52. The van der Waals surface area contributed by atoms with Crippen LogP contribution in [0.15, 0.2) is 78.9 Å². The highest BCUT2D eigenvalue weighted by Crippen LogP contribution is 2.44. The van der Waals surface area contributed by atoms with Crippen LogP contribution in [0.1, 0.15) is 77.8 Å². The summed E-state index contributed by atoms with van der Waals surface area (Å²) in [6.07, 6.45) is 5.82. The number of benzene rings is 3. The first-order valence-electron chi connectivity index (χ1n) is 13.5. The minimum absolute atomic E-state index is 0.0327. The van der Waals surface area contributed by atoms with Gasteiger partial charge in [-0.25, -0.2) is 0 Å². The van der Waals surface area contributed by atoms with Crippen LogP contribution in [0.5, 0.6) is 5.75 Å². The molecular formula is C32H36N2O3. The minimum atomic E-state index is -1.10. The van der Waals surface area contributed by atoms with Gasteiger partial charge < -0.3 is 15.0 Å². The number of amides is 2. The second kappa shape index (κ2) is 10.8. The maximum absolute atomic E-state index is 14.0. The van der Waals surface area contributed by atoms with Crippen molar-refractivity contribution in [3.63, 3.8) is 0 Å². The zero-order chi connectivity index (χ0) is 25.8. The highest BCUT2D eigenvalue weighted by atomic mass is 16.5. The van der Waals surface area contributed by atoms with Gasteiger partial charge in [0.25, 0.3) is 11.8 Å². The van der Waals surface area contributed by atoms with Crippen LogP contribution in [0.3, 0.4) is 0 Å². The average molecular weight is 497 g/mol. The Morgan fingerprint density at radius 1 is 0.946 bits per heavy atom. The quantitative estimate of drug-likeness (QED) is 0.393. The Balaban J connectivity index is 1.61. The zero-order valence-electron chi connectivity index (χ0n) is 21.8. The molecule has 1 heterocycles. The average Bonchev–Trinajstić information content (AvgIpc) is 3.17. The van der Waals surface area contributed by atoms with Gasteiger partial charge in [0.05, 0.1) is 6.61 Å². The van der Waals surface area contributed by atoms with Gasteiger partial charge in [0.2, 0.25) is 0 Å². The maximum atomic E-state index is 14.0. The monoisotopic (exact) mass is 496 g/mol. The summed E-state index contributed by atoms with van der Waals surface area (Å²) in [4.78, 5) is 29.6. The first-order chi connectivity index (χ1) is 18.0. The Bertz CT molecular complexity index is 1230. The lowest BCUT2D eigenvalue weighted by Crippen LogP contribution is -2.58. The number of nitrogens with zero attached hydrogens (tertiary/aromatic N) is 1. The van der Waals surface area contributed by atoms with Crippen LogP contribution < -0.4 is 10.1 Å². The lowest BCUT2D eigenvalue weighted by molar-refractivity contribution is 0.0445. The zero-order valence-corrected chi connectivity index (χ0v) is 21.8. The smallest absolute Gasteiger partial charge is 0.256 e. The molecule has 37 heavy (non-hydrogen) atoms. The predicted octanol–water partition coefficient (Wildman–Crippen LogP) is 6.39. The molecular weight excluding hydrogens is 460 g/mol. The molecule has 0 bridgehead atoms. The number of rotatable bonds is 8. The fourth-order valence-corrected chi connectivity index (χ4v) is 5.68. The summed E-state index contributed by atoms with van der Waals surface area (Å²) in [5.41, 5.74) is 1.77. The van der Waals surface area contributed by atoms with Gasteiger partial charge in [-0.2, -0.15) is 0 Å². The largest absolute Gasteiger partial charge is 0.493 e. The number of nitrogens with one attached hydrogen (secondary N) is 1. The number of carbonyl (C=O) groups excluding carboxylic acids is 2. The van der Waals surface area contributed by atoms with Crippen molar-refractivity contribution in [1.29, 1.82) is 0 Å². The Hall–Kier alpha value is -3.60. The summed E-state index contributed by atoms with van der Waals surface area (Å²) in [5.74, 6) is 1.36. The van der Waals surface area contributed by atoms with E-state index in [1.165, 1.54) is 19.3 Å². The molecule has 0 radical (unpaired) electrons. The van der Waals surface area contributed by atoms with E-state index in [-0.39, 0.29) is 11.8 Å². The van der Waals surface area contributed by atoms with Gasteiger partial charge in [-0.05, 0) is 55.0 Å². The molecule has 1 N–H and O–H groups in total. The Kier molecular flexibility index (Phi) is 7.31. The van der Waals surface area contributed by atoms with Gasteiger partial charge in [0.1, 0.15) is 5.75 Å². The Morgan fingerprint density at radius 3 is 2.32 bits per heavy atom. The molecule has 3 aromatic carbocycles. The molecule has 2 amide bonds. The van der Waals surface area contributed by atoms with Crippen LogP contribution in [-0.4, -0.2) is 29.9 Å². The van der Waals surface area contributed by atoms with Crippen molar-refractivity contribution in [2.24, 2.45) is 11.8 Å². The molecule has 192 valence electrons. The van der Waals surface area contributed by atoms with Crippen molar-refractivity contribution in [3.8, 4) is 5.75 Å². The van der Waals surface area contributed by atoms with Gasteiger partial charge >= 0.3 is 0 Å². The summed E-state index contributed by atoms with van der Waals surface area (Å²) < 4.78 is 5.94. The van der Waals surface area contributed by atoms with Crippen LogP contribution in [0.25, 0.3) is 0 Å². The lowest BCUT2D eigenvalue weighted by Gasteiger charge is -2.42. The third-order valence-corrected chi connectivity index (χ3v) is 7.55. The van der Waals surface area contributed by atoms with Gasteiger partial charge in [0, 0.05) is 28.8 Å². The molecule has 1 aliphatic heterocycles. The number of ether oxygens (including phenoxy) is 1. The minimum Gasteiger partial charge on any atom is -0.493 e. The van der Waals surface area contributed by atoms with E-state index < -0.39 is 5.66 Å². The van der Waals surface area contributed by atoms with Crippen molar-refractivity contribution >= 4 is 11.8 Å². The van der Waals surface area contributed by atoms with Crippen molar-refractivity contribution < 1.29 is 14.3 Å². The first-order valence-corrected chi connectivity index (χ1v) is 13.5. The van der Waals surface area contributed by atoms with Crippen LogP contribution in [0, 0.1) is 11.8 Å². The molecule has 5 heteroatoms. The molecule has 1 aliphatic carbocycles.